The van der Waals surface area contributed by atoms with Gasteiger partial charge in [-0.05, 0) is 24.3 Å². The lowest BCUT2D eigenvalue weighted by Gasteiger charge is -2.12. The Hall–Kier alpha value is -1.75. The molecule has 0 aromatic heterocycles. The number of anilines is 1. The van der Waals surface area contributed by atoms with Gasteiger partial charge in [0.05, 0.1) is 17.3 Å². The fourth-order valence-corrected chi connectivity index (χ4v) is 2.13. The lowest BCUT2D eigenvalue weighted by atomic mass is 10.2. The Kier molecular flexibility index (Phi) is 5.44. The standard InChI is InChI=1S/C15H13Cl2NO3/c16-11-5-3-7-14(10(11)8-19)21-9-15(20)18-13-6-2-1-4-12(13)17/h1-7,19H,8-9H2,(H,18,20). The zero-order chi connectivity index (χ0) is 15.2. The quantitative estimate of drug-likeness (QED) is 0.884. The van der Waals surface area contributed by atoms with E-state index in [0.29, 0.717) is 27.0 Å². The second kappa shape index (κ2) is 7.31. The van der Waals surface area contributed by atoms with Gasteiger partial charge in [0.2, 0.25) is 0 Å². The maximum atomic E-state index is 11.8. The van der Waals surface area contributed by atoms with Gasteiger partial charge in [-0.1, -0.05) is 41.4 Å². The number of hydrogen-bond acceptors (Lipinski definition) is 3. The molecule has 2 rings (SSSR count). The zero-order valence-electron chi connectivity index (χ0n) is 11.0. The number of rotatable bonds is 5. The van der Waals surface area contributed by atoms with Gasteiger partial charge in [-0.15, -0.1) is 0 Å². The van der Waals surface area contributed by atoms with Crippen LogP contribution in [-0.4, -0.2) is 17.6 Å². The fraction of sp³-hybridized carbons (Fsp3) is 0.133. The van der Waals surface area contributed by atoms with Crippen LogP contribution in [0.4, 0.5) is 5.69 Å². The summed E-state index contributed by atoms with van der Waals surface area (Å²) in [5, 5.41) is 12.7. The molecule has 2 N–H and O–H groups in total. The van der Waals surface area contributed by atoms with Crippen molar-refractivity contribution in [2.75, 3.05) is 11.9 Å². The number of aliphatic hydroxyl groups is 1. The number of halogens is 2. The molecule has 21 heavy (non-hydrogen) atoms. The zero-order valence-corrected chi connectivity index (χ0v) is 12.5. The van der Waals surface area contributed by atoms with Crippen molar-refractivity contribution in [3.63, 3.8) is 0 Å². The summed E-state index contributed by atoms with van der Waals surface area (Å²) in [7, 11) is 0. The highest BCUT2D eigenvalue weighted by atomic mass is 35.5. The Labute approximate surface area is 132 Å². The van der Waals surface area contributed by atoms with E-state index in [1.807, 2.05) is 0 Å². The summed E-state index contributed by atoms with van der Waals surface area (Å²) in [5.41, 5.74) is 0.964. The average molecular weight is 326 g/mol. The first-order valence-electron chi connectivity index (χ1n) is 6.17. The lowest BCUT2D eigenvalue weighted by molar-refractivity contribution is -0.118. The first kappa shape index (κ1) is 15.6. The van der Waals surface area contributed by atoms with E-state index < -0.39 is 0 Å². The second-order valence-electron chi connectivity index (χ2n) is 4.19. The normalized spacial score (nSPS) is 10.2. The number of amides is 1. The highest BCUT2D eigenvalue weighted by Crippen LogP contribution is 2.26. The molecule has 0 unspecified atom stereocenters. The summed E-state index contributed by atoms with van der Waals surface area (Å²) in [5.74, 6) is 0.0197. The molecular formula is C15H13Cl2NO3. The summed E-state index contributed by atoms with van der Waals surface area (Å²) < 4.78 is 5.38. The Morgan fingerprint density at radius 1 is 1.10 bits per heavy atom. The molecule has 0 fully saturated rings. The minimum Gasteiger partial charge on any atom is -0.483 e. The van der Waals surface area contributed by atoms with Crippen LogP contribution in [-0.2, 0) is 11.4 Å². The van der Waals surface area contributed by atoms with Gasteiger partial charge in [0.1, 0.15) is 5.75 Å². The Balaban J connectivity index is 1.99. The summed E-state index contributed by atoms with van der Waals surface area (Å²) in [6, 6.07) is 11.9. The molecule has 0 atom stereocenters. The molecule has 0 saturated carbocycles. The van der Waals surface area contributed by atoms with Gasteiger partial charge in [0, 0.05) is 10.6 Å². The van der Waals surface area contributed by atoms with Crippen LogP contribution in [0.1, 0.15) is 5.56 Å². The van der Waals surface area contributed by atoms with Crippen LogP contribution in [0.2, 0.25) is 10.0 Å². The van der Waals surface area contributed by atoms with E-state index in [1.165, 1.54) is 0 Å². The van der Waals surface area contributed by atoms with E-state index in [4.69, 9.17) is 27.9 Å². The molecule has 110 valence electrons. The number of aliphatic hydroxyl groups excluding tert-OH is 1. The topological polar surface area (TPSA) is 58.6 Å². The van der Waals surface area contributed by atoms with Crippen molar-refractivity contribution in [3.05, 3.63) is 58.1 Å². The van der Waals surface area contributed by atoms with Crippen molar-refractivity contribution in [1.82, 2.24) is 0 Å². The van der Waals surface area contributed by atoms with E-state index in [9.17, 15) is 9.90 Å². The molecule has 0 heterocycles. The summed E-state index contributed by atoms with van der Waals surface area (Å²) in [6.07, 6.45) is 0. The van der Waals surface area contributed by atoms with Crippen LogP contribution in [0.3, 0.4) is 0 Å². The Morgan fingerprint density at radius 3 is 2.52 bits per heavy atom. The third kappa shape index (κ3) is 4.11. The number of para-hydroxylation sites is 1. The molecule has 0 saturated heterocycles. The molecule has 2 aromatic rings. The van der Waals surface area contributed by atoms with Crippen molar-refractivity contribution in [2.24, 2.45) is 0 Å². The van der Waals surface area contributed by atoms with Gasteiger partial charge >= 0.3 is 0 Å². The van der Waals surface area contributed by atoms with Crippen molar-refractivity contribution >= 4 is 34.8 Å². The molecule has 0 radical (unpaired) electrons. The molecule has 4 nitrogen and oxygen atoms in total. The minimum atomic E-state index is -0.355. The highest BCUT2D eigenvalue weighted by Gasteiger charge is 2.10. The summed E-state index contributed by atoms with van der Waals surface area (Å²) >= 11 is 11.9. The minimum absolute atomic E-state index is 0.210. The van der Waals surface area contributed by atoms with Crippen molar-refractivity contribution in [1.29, 1.82) is 0 Å². The number of nitrogens with one attached hydrogen (secondary N) is 1. The van der Waals surface area contributed by atoms with E-state index >= 15 is 0 Å². The summed E-state index contributed by atoms with van der Waals surface area (Å²) in [4.78, 5) is 11.8. The van der Waals surface area contributed by atoms with Gasteiger partial charge in [-0.25, -0.2) is 0 Å². The number of carbonyl (C=O) groups excluding carboxylic acids is 1. The van der Waals surface area contributed by atoms with Crippen LogP contribution in [0.5, 0.6) is 5.75 Å². The van der Waals surface area contributed by atoms with Crippen molar-refractivity contribution < 1.29 is 14.6 Å². The molecule has 2 aromatic carbocycles. The number of hydrogen-bond donors (Lipinski definition) is 2. The Morgan fingerprint density at radius 2 is 1.81 bits per heavy atom. The van der Waals surface area contributed by atoms with Gasteiger partial charge in [-0.2, -0.15) is 0 Å². The molecule has 0 aliphatic carbocycles. The molecule has 1 amide bonds. The van der Waals surface area contributed by atoms with Crippen molar-refractivity contribution in [2.45, 2.75) is 6.61 Å². The van der Waals surface area contributed by atoms with E-state index in [-0.39, 0.29) is 19.1 Å². The van der Waals surface area contributed by atoms with E-state index in [0.717, 1.165) is 0 Å². The smallest absolute Gasteiger partial charge is 0.262 e. The first-order chi connectivity index (χ1) is 10.1. The maximum absolute atomic E-state index is 11.8. The van der Waals surface area contributed by atoms with E-state index in [2.05, 4.69) is 5.32 Å². The molecule has 0 bridgehead atoms. The maximum Gasteiger partial charge on any atom is 0.262 e. The molecule has 0 spiro atoms. The van der Waals surface area contributed by atoms with Crippen LogP contribution < -0.4 is 10.1 Å². The molecule has 0 aliphatic rings. The summed E-state index contributed by atoms with van der Waals surface area (Å²) in [6.45, 7) is -0.473. The second-order valence-corrected chi connectivity index (χ2v) is 5.01. The van der Waals surface area contributed by atoms with Crippen LogP contribution in [0.15, 0.2) is 42.5 Å². The fourth-order valence-electron chi connectivity index (χ4n) is 1.72. The first-order valence-corrected chi connectivity index (χ1v) is 6.93. The third-order valence-corrected chi connectivity index (χ3v) is 3.42. The van der Waals surface area contributed by atoms with Gasteiger partial charge in [-0.3, -0.25) is 4.79 Å². The third-order valence-electron chi connectivity index (χ3n) is 2.74. The SMILES string of the molecule is O=C(COc1cccc(Cl)c1CO)Nc1ccccc1Cl. The number of ether oxygens (including phenoxy) is 1. The monoisotopic (exact) mass is 325 g/mol. The molecular weight excluding hydrogens is 313 g/mol. The average Bonchev–Trinajstić information content (AvgIpc) is 2.47. The number of benzene rings is 2. The van der Waals surface area contributed by atoms with Crippen LogP contribution >= 0.6 is 23.2 Å². The van der Waals surface area contributed by atoms with Gasteiger partial charge in [0.25, 0.3) is 5.91 Å². The molecule has 6 heteroatoms. The van der Waals surface area contributed by atoms with E-state index in [1.54, 1.807) is 42.5 Å². The Bertz CT molecular complexity index is 647. The largest absolute Gasteiger partial charge is 0.483 e. The van der Waals surface area contributed by atoms with Crippen molar-refractivity contribution in [3.8, 4) is 5.75 Å². The van der Waals surface area contributed by atoms with Crippen LogP contribution in [0.25, 0.3) is 0 Å². The van der Waals surface area contributed by atoms with Gasteiger partial charge < -0.3 is 15.2 Å². The van der Waals surface area contributed by atoms with Crippen LogP contribution in [0, 0.1) is 0 Å². The lowest BCUT2D eigenvalue weighted by Crippen LogP contribution is -2.20. The predicted molar refractivity (Wildman–Crippen MR) is 83.0 cm³/mol. The number of carbonyl (C=O) groups is 1. The van der Waals surface area contributed by atoms with Gasteiger partial charge in [0.15, 0.2) is 6.61 Å². The molecule has 0 aliphatic heterocycles. The predicted octanol–water partition coefficient (Wildman–Crippen LogP) is 3.50. The highest BCUT2D eigenvalue weighted by molar-refractivity contribution is 6.33.